The zero-order valence-electron chi connectivity index (χ0n) is 10.2. The lowest BCUT2D eigenvalue weighted by molar-refractivity contribution is 0.0696. The van der Waals surface area contributed by atoms with Gasteiger partial charge in [0, 0.05) is 11.8 Å². The number of hydrogen-bond donors (Lipinski definition) is 2. The third-order valence-corrected chi connectivity index (χ3v) is 2.50. The molecule has 2 aromatic rings. The number of aromatic nitrogens is 1. The van der Waals surface area contributed by atoms with Crippen molar-refractivity contribution in [1.29, 1.82) is 5.26 Å². The van der Waals surface area contributed by atoms with Crippen LogP contribution in [0.3, 0.4) is 0 Å². The van der Waals surface area contributed by atoms with Crippen LogP contribution in [0.5, 0.6) is 0 Å². The first kappa shape index (κ1) is 13.2. The molecule has 0 saturated heterocycles. The van der Waals surface area contributed by atoms with E-state index in [4.69, 9.17) is 10.4 Å². The molecule has 2 N–H and O–H groups in total. The minimum absolute atomic E-state index is 0.0198. The number of hydrogen-bond acceptors (Lipinski definition) is 4. The third kappa shape index (κ3) is 2.97. The summed E-state index contributed by atoms with van der Waals surface area (Å²) in [6.45, 7) is 0. The molecular weight excluding hydrogens is 258 g/mol. The van der Waals surface area contributed by atoms with Crippen LogP contribution >= 0.6 is 0 Å². The maximum atomic E-state index is 12.0. The highest BCUT2D eigenvalue weighted by molar-refractivity contribution is 6.04. The van der Waals surface area contributed by atoms with Crippen LogP contribution in [0.4, 0.5) is 5.69 Å². The number of pyridine rings is 1. The van der Waals surface area contributed by atoms with Crippen LogP contribution in [0.25, 0.3) is 0 Å². The number of benzene rings is 1. The Kier molecular flexibility index (Phi) is 3.72. The van der Waals surface area contributed by atoms with E-state index in [0.717, 1.165) is 0 Å². The maximum Gasteiger partial charge on any atom is 0.337 e. The molecule has 0 aliphatic carbocycles. The van der Waals surface area contributed by atoms with Gasteiger partial charge in [0.2, 0.25) is 0 Å². The number of nitrogens with zero attached hydrogens (tertiary/aromatic N) is 2. The van der Waals surface area contributed by atoms with Crippen molar-refractivity contribution in [3.8, 4) is 6.07 Å². The standard InChI is InChI=1S/C14H9N3O3/c15-6-9-2-1-3-10(4-9)13(18)17-12-5-11(14(19)20)7-16-8-12/h1-5,7-8H,(H,17,18)(H,19,20). The van der Waals surface area contributed by atoms with Gasteiger partial charge in [0.25, 0.3) is 5.91 Å². The number of aromatic carboxylic acids is 1. The Labute approximate surface area is 114 Å². The fourth-order valence-corrected chi connectivity index (χ4v) is 1.56. The summed E-state index contributed by atoms with van der Waals surface area (Å²) in [5, 5.41) is 20.1. The Morgan fingerprint density at radius 1 is 1.20 bits per heavy atom. The van der Waals surface area contributed by atoms with Gasteiger partial charge in [0.05, 0.1) is 29.1 Å². The van der Waals surface area contributed by atoms with Gasteiger partial charge in [-0.25, -0.2) is 4.79 Å². The number of nitrogens with one attached hydrogen (secondary N) is 1. The van der Waals surface area contributed by atoms with Gasteiger partial charge >= 0.3 is 5.97 Å². The topological polar surface area (TPSA) is 103 Å². The molecule has 0 bridgehead atoms. The van der Waals surface area contributed by atoms with Crippen LogP contribution in [0.15, 0.2) is 42.7 Å². The van der Waals surface area contributed by atoms with Gasteiger partial charge in [-0.2, -0.15) is 5.26 Å². The summed E-state index contributed by atoms with van der Waals surface area (Å²) in [6.07, 6.45) is 2.53. The van der Waals surface area contributed by atoms with Crippen molar-refractivity contribution < 1.29 is 14.7 Å². The second-order valence-corrected chi connectivity index (χ2v) is 3.91. The van der Waals surface area contributed by atoms with Gasteiger partial charge in [-0.3, -0.25) is 9.78 Å². The first-order chi connectivity index (χ1) is 9.60. The van der Waals surface area contributed by atoms with Crippen LogP contribution in [0, 0.1) is 11.3 Å². The van der Waals surface area contributed by atoms with Crippen molar-refractivity contribution in [2.24, 2.45) is 0 Å². The Balaban J connectivity index is 2.21. The summed E-state index contributed by atoms with van der Waals surface area (Å²) in [6, 6.07) is 9.44. The van der Waals surface area contributed by atoms with Crippen molar-refractivity contribution in [3.63, 3.8) is 0 Å². The van der Waals surface area contributed by atoms with E-state index < -0.39 is 11.9 Å². The van der Waals surface area contributed by atoms with E-state index in [2.05, 4.69) is 10.3 Å². The molecule has 1 aromatic carbocycles. The monoisotopic (exact) mass is 267 g/mol. The zero-order chi connectivity index (χ0) is 14.5. The summed E-state index contributed by atoms with van der Waals surface area (Å²) >= 11 is 0. The summed E-state index contributed by atoms with van der Waals surface area (Å²) in [4.78, 5) is 26.5. The van der Waals surface area contributed by atoms with E-state index >= 15 is 0 Å². The Hall–Kier alpha value is -3.20. The lowest BCUT2D eigenvalue weighted by Gasteiger charge is -2.05. The second kappa shape index (κ2) is 5.63. The molecule has 6 heteroatoms. The van der Waals surface area contributed by atoms with Crippen molar-refractivity contribution >= 4 is 17.6 Å². The molecule has 6 nitrogen and oxygen atoms in total. The van der Waals surface area contributed by atoms with E-state index in [1.54, 1.807) is 18.2 Å². The Bertz CT molecular complexity index is 720. The molecule has 0 fully saturated rings. The molecule has 0 saturated carbocycles. The second-order valence-electron chi connectivity index (χ2n) is 3.91. The molecule has 20 heavy (non-hydrogen) atoms. The van der Waals surface area contributed by atoms with Gasteiger partial charge in [-0.05, 0) is 24.3 Å². The highest BCUT2D eigenvalue weighted by Gasteiger charge is 2.09. The highest BCUT2D eigenvalue weighted by atomic mass is 16.4. The van der Waals surface area contributed by atoms with E-state index in [-0.39, 0.29) is 11.3 Å². The van der Waals surface area contributed by atoms with Crippen molar-refractivity contribution in [2.75, 3.05) is 5.32 Å². The predicted octanol–water partition coefficient (Wildman–Crippen LogP) is 1.90. The van der Waals surface area contributed by atoms with Crippen LogP contribution in [0.1, 0.15) is 26.3 Å². The molecule has 1 aromatic heterocycles. The van der Waals surface area contributed by atoms with Crippen LogP contribution in [-0.2, 0) is 0 Å². The van der Waals surface area contributed by atoms with Crippen LogP contribution in [-0.4, -0.2) is 22.0 Å². The normalized spacial score (nSPS) is 9.55. The summed E-state index contributed by atoms with van der Waals surface area (Å²) < 4.78 is 0. The molecule has 1 heterocycles. The summed E-state index contributed by atoms with van der Waals surface area (Å²) in [5.41, 5.74) is 0.936. The molecule has 2 rings (SSSR count). The quantitative estimate of drug-likeness (QED) is 0.884. The molecule has 1 amide bonds. The van der Waals surface area contributed by atoms with E-state index in [0.29, 0.717) is 11.1 Å². The molecule has 0 radical (unpaired) electrons. The van der Waals surface area contributed by atoms with Crippen molar-refractivity contribution in [3.05, 3.63) is 59.4 Å². The average molecular weight is 267 g/mol. The number of rotatable bonds is 3. The van der Waals surface area contributed by atoms with Crippen LogP contribution in [0.2, 0.25) is 0 Å². The first-order valence-corrected chi connectivity index (χ1v) is 5.60. The smallest absolute Gasteiger partial charge is 0.337 e. The van der Waals surface area contributed by atoms with Crippen LogP contribution < -0.4 is 5.32 Å². The molecule has 0 unspecified atom stereocenters. The SMILES string of the molecule is N#Cc1cccc(C(=O)Nc2cncc(C(=O)O)c2)c1. The number of carboxylic acids is 1. The van der Waals surface area contributed by atoms with Gasteiger partial charge in [0.15, 0.2) is 0 Å². The first-order valence-electron chi connectivity index (χ1n) is 5.60. The maximum absolute atomic E-state index is 12.0. The number of amides is 1. The number of nitriles is 1. The molecular formula is C14H9N3O3. The summed E-state index contributed by atoms with van der Waals surface area (Å²) in [7, 11) is 0. The molecule has 98 valence electrons. The predicted molar refractivity (Wildman–Crippen MR) is 70.3 cm³/mol. The molecule has 0 spiro atoms. The molecule has 0 aliphatic heterocycles. The van der Waals surface area contributed by atoms with E-state index in [1.807, 2.05) is 6.07 Å². The molecule has 0 atom stereocenters. The number of anilines is 1. The number of carbonyl (C=O) groups excluding carboxylic acids is 1. The average Bonchev–Trinajstić information content (AvgIpc) is 2.47. The fourth-order valence-electron chi connectivity index (χ4n) is 1.56. The number of carboxylic acid groups (broad SMARTS) is 1. The Morgan fingerprint density at radius 2 is 2.00 bits per heavy atom. The van der Waals surface area contributed by atoms with Crippen molar-refractivity contribution in [2.45, 2.75) is 0 Å². The minimum Gasteiger partial charge on any atom is -0.478 e. The highest BCUT2D eigenvalue weighted by Crippen LogP contribution is 2.11. The van der Waals surface area contributed by atoms with Gasteiger partial charge < -0.3 is 10.4 Å². The van der Waals surface area contributed by atoms with Crippen molar-refractivity contribution in [1.82, 2.24) is 4.98 Å². The van der Waals surface area contributed by atoms with Gasteiger partial charge in [0.1, 0.15) is 0 Å². The lowest BCUT2D eigenvalue weighted by Crippen LogP contribution is -2.12. The Morgan fingerprint density at radius 3 is 2.70 bits per heavy atom. The molecule has 0 aliphatic rings. The third-order valence-electron chi connectivity index (χ3n) is 2.50. The number of carbonyl (C=O) groups is 2. The van der Waals surface area contributed by atoms with Gasteiger partial charge in [-0.1, -0.05) is 6.07 Å². The van der Waals surface area contributed by atoms with E-state index in [1.165, 1.54) is 24.5 Å². The lowest BCUT2D eigenvalue weighted by atomic mass is 10.1. The summed E-state index contributed by atoms with van der Waals surface area (Å²) in [5.74, 6) is -1.56. The minimum atomic E-state index is -1.12. The van der Waals surface area contributed by atoms with E-state index in [9.17, 15) is 9.59 Å². The van der Waals surface area contributed by atoms with Gasteiger partial charge in [-0.15, -0.1) is 0 Å². The fraction of sp³-hybridized carbons (Fsp3) is 0. The largest absolute Gasteiger partial charge is 0.478 e. The zero-order valence-corrected chi connectivity index (χ0v) is 10.2.